The molecule has 0 aliphatic heterocycles. The first kappa shape index (κ1) is 13.9. The standard InChI is InChI=1S/C11H13Cl2N5O/c1-17-7-9(13)10(16-17)11(19)14-3-2-4-18-6-8(12)5-15-18/h5-7H,2-4H2,1H3,(H,14,19). The van der Waals surface area contributed by atoms with Crippen molar-refractivity contribution in [2.24, 2.45) is 7.05 Å². The van der Waals surface area contributed by atoms with Gasteiger partial charge in [0.2, 0.25) is 0 Å². The Morgan fingerprint density at radius 3 is 2.79 bits per heavy atom. The van der Waals surface area contributed by atoms with Gasteiger partial charge in [-0.15, -0.1) is 0 Å². The Labute approximate surface area is 120 Å². The van der Waals surface area contributed by atoms with Crippen LogP contribution in [0.2, 0.25) is 10.0 Å². The molecular formula is C11H13Cl2N5O. The average molecular weight is 302 g/mol. The van der Waals surface area contributed by atoms with E-state index in [1.54, 1.807) is 30.3 Å². The summed E-state index contributed by atoms with van der Waals surface area (Å²) in [6, 6.07) is 0. The van der Waals surface area contributed by atoms with Gasteiger partial charge in [-0.25, -0.2) is 0 Å². The third kappa shape index (κ3) is 3.71. The van der Waals surface area contributed by atoms with Crippen LogP contribution < -0.4 is 5.32 Å². The highest BCUT2D eigenvalue weighted by Gasteiger charge is 2.13. The van der Waals surface area contributed by atoms with Gasteiger partial charge in [0.25, 0.3) is 5.91 Å². The number of amides is 1. The molecule has 0 aromatic carbocycles. The van der Waals surface area contributed by atoms with Crippen molar-refractivity contribution in [3.05, 3.63) is 34.3 Å². The number of carbonyl (C=O) groups is 1. The number of rotatable bonds is 5. The lowest BCUT2D eigenvalue weighted by atomic mass is 10.3. The van der Waals surface area contributed by atoms with Crippen molar-refractivity contribution in [1.29, 1.82) is 0 Å². The predicted molar refractivity (Wildman–Crippen MR) is 72.4 cm³/mol. The van der Waals surface area contributed by atoms with Crippen LogP contribution in [0, 0.1) is 0 Å². The summed E-state index contributed by atoms with van der Waals surface area (Å²) in [6.45, 7) is 1.20. The minimum absolute atomic E-state index is 0.242. The minimum atomic E-state index is -0.274. The first-order valence-electron chi connectivity index (χ1n) is 5.71. The summed E-state index contributed by atoms with van der Waals surface area (Å²) in [7, 11) is 1.71. The van der Waals surface area contributed by atoms with Gasteiger partial charge in [-0.3, -0.25) is 14.2 Å². The predicted octanol–water partition coefficient (Wildman–Crippen LogP) is 1.74. The first-order chi connectivity index (χ1) is 9.06. The zero-order valence-corrected chi connectivity index (χ0v) is 11.8. The summed E-state index contributed by atoms with van der Waals surface area (Å²) in [4.78, 5) is 11.8. The fourth-order valence-electron chi connectivity index (χ4n) is 1.60. The highest BCUT2D eigenvalue weighted by atomic mass is 35.5. The number of hydrogen-bond acceptors (Lipinski definition) is 3. The van der Waals surface area contributed by atoms with Crippen LogP contribution in [-0.2, 0) is 13.6 Å². The zero-order chi connectivity index (χ0) is 13.8. The number of halogens is 2. The molecule has 0 fully saturated rings. The molecule has 0 radical (unpaired) electrons. The quantitative estimate of drug-likeness (QED) is 0.856. The molecule has 6 nitrogen and oxygen atoms in total. The minimum Gasteiger partial charge on any atom is -0.351 e. The molecule has 0 saturated heterocycles. The summed E-state index contributed by atoms with van der Waals surface area (Å²) in [5.41, 5.74) is 0.242. The monoisotopic (exact) mass is 301 g/mol. The van der Waals surface area contributed by atoms with Gasteiger partial charge < -0.3 is 5.32 Å². The van der Waals surface area contributed by atoms with Crippen LogP contribution in [0.15, 0.2) is 18.6 Å². The third-order valence-corrected chi connectivity index (χ3v) is 2.92. The van der Waals surface area contributed by atoms with Crippen LogP contribution in [0.1, 0.15) is 16.9 Å². The molecule has 0 atom stereocenters. The van der Waals surface area contributed by atoms with E-state index in [-0.39, 0.29) is 11.6 Å². The maximum absolute atomic E-state index is 11.8. The van der Waals surface area contributed by atoms with Gasteiger partial charge in [-0.1, -0.05) is 23.2 Å². The van der Waals surface area contributed by atoms with Gasteiger partial charge in [0.05, 0.1) is 16.2 Å². The summed E-state index contributed by atoms with van der Waals surface area (Å²) in [6.07, 6.45) is 5.64. The Hall–Kier alpha value is -1.53. The van der Waals surface area contributed by atoms with E-state index >= 15 is 0 Å². The summed E-state index contributed by atoms with van der Waals surface area (Å²) in [5, 5.41) is 11.7. The molecule has 0 spiro atoms. The number of nitrogens with zero attached hydrogens (tertiary/aromatic N) is 4. The van der Waals surface area contributed by atoms with Gasteiger partial charge >= 0.3 is 0 Å². The van der Waals surface area contributed by atoms with Crippen molar-refractivity contribution >= 4 is 29.1 Å². The number of hydrogen-bond donors (Lipinski definition) is 1. The Kier molecular flexibility index (Phi) is 4.44. The van der Waals surface area contributed by atoms with Crippen LogP contribution in [0.3, 0.4) is 0 Å². The maximum atomic E-state index is 11.8. The third-order valence-electron chi connectivity index (χ3n) is 2.45. The molecule has 8 heteroatoms. The molecule has 2 aromatic rings. The second kappa shape index (κ2) is 6.08. The van der Waals surface area contributed by atoms with E-state index in [2.05, 4.69) is 15.5 Å². The molecule has 2 heterocycles. The van der Waals surface area contributed by atoms with Crippen LogP contribution in [0.4, 0.5) is 0 Å². The van der Waals surface area contributed by atoms with Gasteiger partial charge in [0.15, 0.2) is 5.69 Å². The molecule has 0 bridgehead atoms. The molecule has 1 amide bonds. The number of aromatic nitrogens is 4. The number of aryl methyl sites for hydroxylation is 2. The zero-order valence-electron chi connectivity index (χ0n) is 10.3. The average Bonchev–Trinajstić information content (AvgIpc) is 2.90. The van der Waals surface area contributed by atoms with Gasteiger partial charge in [0, 0.05) is 32.5 Å². The van der Waals surface area contributed by atoms with Gasteiger partial charge in [-0.2, -0.15) is 10.2 Å². The lowest BCUT2D eigenvalue weighted by Crippen LogP contribution is -2.26. The van der Waals surface area contributed by atoms with Crippen LogP contribution in [0.25, 0.3) is 0 Å². The molecular weight excluding hydrogens is 289 g/mol. The molecule has 0 unspecified atom stereocenters. The lowest BCUT2D eigenvalue weighted by Gasteiger charge is -2.03. The SMILES string of the molecule is Cn1cc(Cl)c(C(=O)NCCCn2cc(Cl)cn2)n1. The van der Waals surface area contributed by atoms with Crippen molar-refractivity contribution in [2.45, 2.75) is 13.0 Å². The van der Waals surface area contributed by atoms with E-state index in [0.29, 0.717) is 23.1 Å². The van der Waals surface area contributed by atoms with E-state index in [1.807, 2.05) is 0 Å². The molecule has 1 N–H and O–H groups in total. The Balaban J connectivity index is 1.77. The van der Waals surface area contributed by atoms with Crippen molar-refractivity contribution in [3.8, 4) is 0 Å². The fraction of sp³-hybridized carbons (Fsp3) is 0.364. The molecule has 0 saturated carbocycles. The topological polar surface area (TPSA) is 64.7 Å². The molecule has 2 aromatic heterocycles. The molecule has 2 rings (SSSR count). The van der Waals surface area contributed by atoms with E-state index < -0.39 is 0 Å². The number of nitrogens with one attached hydrogen (secondary N) is 1. The van der Waals surface area contributed by atoms with Crippen LogP contribution in [0.5, 0.6) is 0 Å². The largest absolute Gasteiger partial charge is 0.351 e. The van der Waals surface area contributed by atoms with Gasteiger partial charge in [-0.05, 0) is 6.42 Å². The molecule has 102 valence electrons. The first-order valence-corrected chi connectivity index (χ1v) is 6.47. The van der Waals surface area contributed by atoms with Crippen LogP contribution >= 0.6 is 23.2 Å². The summed E-state index contributed by atoms with van der Waals surface area (Å²) < 4.78 is 3.23. The molecule has 0 aliphatic carbocycles. The second-order valence-corrected chi connectivity index (χ2v) is 4.87. The van der Waals surface area contributed by atoms with Crippen LogP contribution in [-0.4, -0.2) is 32.0 Å². The van der Waals surface area contributed by atoms with E-state index in [1.165, 1.54) is 4.68 Å². The molecule has 0 aliphatic rings. The van der Waals surface area contributed by atoms with E-state index in [9.17, 15) is 4.79 Å². The Morgan fingerprint density at radius 1 is 1.42 bits per heavy atom. The smallest absolute Gasteiger partial charge is 0.273 e. The Bertz CT molecular complexity index is 577. The van der Waals surface area contributed by atoms with Crippen molar-refractivity contribution < 1.29 is 4.79 Å². The van der Waals surface area contributed by atoms with Gasteiger partial charge in [0.1, 0.15) is 0 Å². The summed E-state index contributed by atoms with van der Waals surface area (Å²) >= 11 is 11.6. The normalized spacial score (nSPS) is 10.7. The maximum Gasteiger partial charge on any atom is 0.273 e. The van der Waals surface area contributed by atoms with Crippen molar-refractivity contribution in [1.82, 2.24) is 24.9 Å². The summed E-state index contributed by atoms with van der Waals surface area (Å²) in [5.74, 6) is -0.274. The second-order valence-electron chi connectivity index (χ2n) is 4.03. The van der Waals surface area contributed by atoms with Crippen molar-refractivity contribution in [2.75, 3.05) is 6.54 Å². The lowest BCUT2D eigenvalue weighted by molar-refractivity contribution is 0.0947. The highest BCUT2D eigenvalue weighted by Crippen LogP contribution is 2.12. The Morgan fingerprint density at radius 2 is 2.21 bits per heavy atom. The number of carbonyl (C=O) groups excluding carboxylic acids is 1. The van der Waals surface area contributed by atoms with Crippen molar-refractivity contribution in [3.63, 3.8) is 0 Å². The highest BCUT2D eigenvalue weighted by molar-refractivity contribution is 6.33. The van der Waals surface area contributed by atoms with E-state index in [0.717, 1.165) is 6.42 Å². The fourth-order valence-corrected chi connectivity index (χ4v) is 2.02. The molecule has 19 heavy (non-hydrogen) atoms. The van der Waals surface area contributed by atoms with E-state index in [4.69, 9.17) is 23.2 Å².